The number of fused-ring (bicyclic) bond motifs is 1. The fraction of sp³-hybridized carbons (Fsp3) is 0.200. The molecule has 1 amide bonds. The maximum absolute atomic E-state index is 13.1. The maximum atomic E-state index is 13.1. The summed E-state index contributed by atoms with van der Waals surface area (Å²) in [5.74, 6) is -0.715. The normalized spacial score (nSPS) is 13.8. The molecule has 0 bridgehead atoms. The van der Waals surface area contributed by atoms with E-state index in [1.165, 1.54) is 24.3 Å². The van der Waals surface area contributed by atoms with E-state index in [2.05, 4.69) is 5.10 Å². The predicted octanol–water partition coefficient (Wildman–Crippen LogP) is 3.61. The number of hydrogen-bond acceptors (Lipinski definition) is 2. The molecule has 0 spiro atoms. The molecule has 6 heteroatoms. The number of anilines is 1. The number of rotatable bonds is 4. The Morgan fingerprint density at radius 3 is 2.23 bits per heavy atom. The zero-order valence-electron chi connectivity index (χ0n) is 14.0. The first-order valence-electron chi connectivity index (χ1n) is 8.49. The molecular formula is C20H17F2N3O. The number of hydrogen-bond donors (Lipinski definition) is 0. The molecule has 3 aromatic rings. The minimum atomic E-state index is -0.327. The van der Waals surface area contributed by atoms with Crippen molar-refractivity contribution in [3.63, 3.8) is 0 Å². The van der Waals surface area contributed by atoms with Crippen LogP contribution in [0.2, 0.25) is 0 Å². The molecule has 4 rings (SSSR count). The van der Waals surface area contributed by atoms with Gasteiger partial charge in [0, 0.05) is 12.2 Å². The van der Waals surface area contributed by atoms with Crippen molar-refractivity contribution in [3.05, 3.63) is 83.2 Å². The second-order valence-corrected chi connectivity index (χ2v) is 6.30. The van der Waals surface area contributed by atoms with Crippen LogP contribution in [0, 0.1) is 11.6 Å². The average Bonchev–Trinajstić information content (AvgIpc) is 3.07. The van der Waals surface area contributed by atoms with Gasteiger partial charge in [-0.3, -0.25) is 9.48 Å². The Balaban J connectivity index is 1.49. The molecule has 1 aliphatic rings. The summed E-state index contributed by atoms with van der Waals surface area (Å²) in [6, 6.07) is 14.1. The van der Waals surface area contributed by atoms with Crippen LogP contribution in [0.5, 0.6) is 0 Å². The SMILES string of the molecule is O=C1c2cc(CCc3ccc(F)cc3)nn2CCN1c1ccc(F)cc1. The summed E-state index contributed by atoms with van der Waals surface area (Å²) in [5.41, 5.74) is 3.07. The van der Waals surface area contributed by atoms with Gasteiger partial charge >= 0.3 is 0 Å². The largest absolute Gasteiger partial charge is 0.305 e. The van der Waals surface area contributed by atoms with Crippen molar-refractivity contribution in [2.45, 2.75) is 19.4 Å². The van der Waals surface area contributed by atoms with E-state index in [1.807, 2.05) is 6.07 Å². The monoisotopic (exact) mass is 353 g/mol. The molecule has 132 valence electrons. The number of carbonyl (C=O) groups excluding carboxylic acids is 1. The number of amides is 1. The van der Waals surface area contributed by atoms with Crippen molar-refractivity contribution in [1.82, 2.24) is 9.78 Å². The lowest BCUT2D eigenvalue weighted by atomic mass is 10.1. The molecule has 2 aromatic carbocycles. The van der Waals surface area contributed by atoms with Crippen LogP contribution < -0.4 is 4.90 Å². The van der Waals surface area contributed by atoms with Crippen LogP contribution >= 0.6 is 0 Å². The van der Waals surface area contributed by atoms with E-state index >= 15 is 0 Å². The van der Waals surface area contributed by atoms with Crippen LogP contribution in [0.3, 0.4) is 0 Å². The van der Waals surface area contributed by atoms with Crippen LogP contribution in [0.15, 0.2) is 54.6 Å². The summed E-state index contributed by atoms with van der Waals surface area (Å²) >= 11 is 0. The van der Waals surface area contributed by atoms with Gasteiger partial charge in [0.05, 0.1) is 12.2 Å². The summed E-state index contributed by atoms with van der Waals surface area (Å²) < 4.78 is 27.8. The van der Waals surface area contributed by atoms with Gasteiger partial charge in [0.15, 0.2) is 0 Å². The Bertz CT molecular complexity index is 933. The van der Waals surface area contributed by atoms with Gasteiger partial charge in [0.2, 0.25) is 0 Å². The summed E-state index contributed by atoms with van der Waals surface area (Å²) in [5, 5.41) is 4.51. The first-order chi connectivity index (χ1) is 12.6. The Morgan fingerprint density at radius 1 is 0.885 bits per heavy atom. The smallest absolute Gasteiger partial charge is 0.276 e. The van der Waals surface area contributed by atoms with Gasteiger partial charge in [0.1, 0.15) is 17.3 Å². The van der Waals surface area contributed by atoms with Gasteiger partial charge in [-0.05, 0) is 60.9 Å². The zero-order valence-corrected chi connectivity index (χ0v) is 14.0. The molecule has 0 saturated heterocycles. The van der Waals surface area contributed by atoms with Crippen molar-refractivity contribution in [3.8, 4) is 0 Å². The molecule has 0 fully saturated rings. The fourth-order valence-electron chi connectivity index (χ4n) is 3.16. The Hall–Kier alpha value is -3.02. The van der Waals surface area contributed by atoms with Crippen molar-refractivity contribution in [2.24, 2.45) is 0 Å². The second-order valence-electron chi connectivity index (χ2n) is 6.30. The number of aryl methyl sites for hydroxylation is 2. The van der Waals surface area contributed by atoms with E-state index < -0.39 is 0 Å². The van der Waals surface area contributed by atoms with Gasteiger partial charge < -0.3 is 4.90 Å². The van der Waals surface area contributed by atoms with Crippen LogP contribution in [0.25, 0.3) is 0 Å². The van der Waals surface area contributed by atoms with Crippen molar-refractivity contribution < 1.29 is 13.6 Å². The molecule has 0 aliphatic carbocycles. The van der Waals surface area contributed by atoms with E-state index in [0.717, 1.165) is 17.7 Å². The molecule has 0 N–H and O–H groups in total. The van der Waals surface area contributed by atoms with Crippen LogP contribution in [0.1, 0.15) is 21.7 Å². The Kier molecular flexibility index (Phi) is 4.24. The van der Waals surface area contributed by atoms with Crippen molar-refractivity contribution in [1.29, 1.82) is 0 Å². The highest BCUT2D eigenvalue weighted by Gasteiger charge is 2.27. The summed E-state index contributed by atoms with van der Waals surface area (Å²) in [6.07, 6.45) is 1.40. The highest BCUT2D eigenvalue weighted by Crippen LogP contribution is 2.22. The number of halogens is 2. The summed E-state index contributed by atoms with van der Waals surface area (Å²) in [4.78, 5) is 14.4. The van der Waals surface area contributed by atoms with Crippen molar-refractivity contribution in [2.75, 3.05) is 11.4 Å². The lowest BCUT2D eigenvalue weighted by molar-refractivity contribution is 0.0962. The van der Waals surface area contributed by atoms with Gasteiger partial charge in [-0.2, -0.15) is 5.10 Å². The zero-order chi connectivity index (χ0) is 18.1. The Labute approximate surface area is 149 Å². The van der Waals surface area contributed by atoms with Gasteiger partial charge in [-0.15, -0.1) is 0 Å². The number of nitrogens with zero attached hydrogens (tertiary/aromatic N) is 3. The lowest BCUT2D eigenvalue weighted by Crippen LogP contribution is -2.40. The topological polar surface area (TPSA) is 38.1 Å². The molecule has 0 atom stereocenters. The van der Waals surface area contributed by atoms with E-state index in [0.29, 0.717) is 30.9 Å². The van der Waals surface area contributed by atoms with Crippen LogP contribution in [-0.4, -0.2) is 22.2 Å². The molecule has 4 nitrogen and oxygen atoms in total. The average molecular weight is 353 g/mol. The van der Waals surface area contributed by atoms with Crippen LogP contribution in [0.4, 0.5) is 14.5 Å². The third-order valence-electron chi connectivity index (χ3n) is 4.55. The quantitative estimate of drug-likeness (QED) is 0.719. The van der Waals surface area contributed by atoms with Gasteiger partial charge in [0.25, 0.3) is 5.91 Å². The van der Waals surface area contributed by atoms with Gasteiger partial charge in [-0.25, -0.2) is 8.78 Å². The van der Waals surface area contributed by atoms with Crippen LogP contribution in [-0.2, 0) is 19.4 Å². The molecule has 0 radical (unpaired) electrons. The summed E-state index contributed by atoms with van der Waals surface area (Å²) in [7, 11) is 0. The molecule has 26 heavy (non-hydrogen) atoms. The maximum Gasteiger partial charge on any atom is 0.276 e. The minimum Gasteiger partial charge on any atom is -0.305 e. The number of carbonyl (C=O) groups is 1. The molecular weight excluding hydrogens is 336 g/mol. The predicted molar refractivity (Wildman–Crippen MR) is 94.1 cm³/mol. The highest BCUT2D eigenvalue weighted by atomic mass is 19.1. The summed E-state index contributed by atoms with van der Waals surface area (Å²) in [6.45, 7) is 1.09. The lowest BCUT2D eigenvalue weighted by Gasteiger charge is -2.27. The minimum absolute atomic E-state index is 0.136. The molecule has 0 saturated carbocycles. The second kappa shape index (κ2) is 6.71. The molecule has 2 heterocycles. The number of aromatic nitrogens is 2. The molecule has 1 aromatic heterocycles. The Morgan fingerprint density at radius 2 is 1.54 bits per heavy atom. The molecule has 1 aliphatic heterocycles. The van der Waals surface area contributed by atoms with E-state index in [4.69, 9.17) is 0 Å². The first-order valence-corrected chi connectivity index (χ1v) is 8.49. The first kappa shape index (κ1) is 16.4. The fourth-order valence-corrected chi connectivity index (χ4v) is 3.16. The molecule has 0 unspecified atom stereocenters. The number of benzene rings is 2. The third-order valence-corrected chi connectivity index (χ3v) is 4.55. The van der Waals surface area contributed by atoms with Crippen molar-refractivity contribution >= 4 is 11.6 Å². The highest BCUT2D eigenvalue weighted by molar-refractivity contribution is 6.05. The van der Waals surface area contributed by atoms with Gasteiger partial charge in [-0.1, -0.05) is 12.1 Å². The third kappa shape index (κ3) is 3.22. The van der Waals surface area contributed by atoms with E-state index in [1.54, 1.807) is 33.8 Å². The van der Waals surface area contributed by atoms with E-state index in [9.17, 15) is 13.6 Å². The standard InChI is InChI=1S/C20H17F2N3O/c21-15-4-1-14(2-5-15)3-8-17-13-19-20(26)24(11-12-25(19)23-17)18-9-6-16(22)7-10-18/h1-2,4-7,9-10,13H,3,8,11-12H2. The van der Waals surface area contributed by atoms with E-state index in [-0.39, 0.29) is 17.5 Å².